The minimum Gasteiger partial charge on any atom is -0.453 e. The molecule has 6 heterocycles. The van der Waals surface area contributed by atoms with E-state index in [1.54, 1.807) is 18.0 Å². The largest absolute Gasteiger partial charge is 0.453 e. The fraction of sp³-hybridized carbons (Fsp3) is 0.456. The van der Waals surface area contributed by atoms with Gasteiger partial charge in [-0.25, -0.2) is 18.4 Å². The molecule has 26 nitrogen and oxygen atoms in total. The number of imide groups is 1. The second-order valence-corrected chi connectivity index (χ2v) is 23.8. The number of benzene rings is 3. The number of nitrogens with zero attached hydrogens (tertiary/aromatic N) is 5. The van der Waals surface area contributed by atoms with Crippen LogP contribution in [0.3, 0.4) is 0 Å². The molecule has 0 radical (unpaired) electrons. The predicted molar refractivity (Wildman–Crippen MR) is 301 cm³/mol. The summed E-state index contributed by atoms with van der Waals surface area (Å²) in [5.41, 5.74) is 5.91. The Hall–Kier alpha value is -8.62. The number of halogens is 2. The normalized spacial score (nSPS) is 20.2. The molecule has 9 amide bonds. The highest BCUT2D eigenvalue weighted by Crippen LogP contribution is 2.40. The maximum absolute atomic E-state index is 14.7. The van der Waals surface area contributed by atoms with Gasteiger partial charge in [0, 0.05) is 68.5 Å². The number of likely N-dealkylation sites (tertiary alicyclic amines) is 1. The molecule has 3 aromatic carbocycles. The number of aromatic nitrogens is 3. The number of carbonyl (C=O) groups excluding carboxylic acids is 10. The Morgan fingerprint density at radius 2 is 1.56 bits per heavy atom. The van der Waals surface area contributed by atoms with Gasteiger partial charge in [0.05, 0.1) is 24.7 Å². The van der Waals surface area contributed by atoms with Crippen molar-refractivity contribution >= 4 is 88.4 Å². The van der Waals surface area contributed by atoms with Crippen molar-refractivity contribution in [3.63, 3.8) is 0 Å². The number of hydrogen-bond donors (Lipinski definition) is 8. The maximum Gasteiger partial charge on any atom is 0.409 e. The van der Waals surface area contributed by atoms with E-state index < -0.39 is 121 Å². The molecule has 458 valence electrons. The molecular weight excluding hydrogens is 1150 g/mol. The number of H-pyrrole nitrogens is 1. The summed E-state index contributed by atoms with van der Waals surface area (Å²) < 4.78 is 48.3. The number of fused-ring (bicyclic) bond motifs is 3. The predicted octanol–water partition coefficient (Wildman–Crippen LogP) is 2.06. The fourth-order valence-corrected chi connectivity index (χ4v) is 12.6. The number of methoxy groups -OCH3 is 1. The lowest BCUT2D eigenvalue weighted by Crippen LogP contribution is -2.62. The summed E-state index contributed by atoms with van der Waals surface area (Å²) in [6.07, 6.45) is 2.33. The average Bonchev–Trinajstić information content (AvgIpc) is 2.92. The second-order valence-electron chi connectivity index (χ2n) is 22.3. The molecule has 9 N–H and O–H groups in total. The van der Waals surface area contributed by atoms with Gasteiger partial charge in [-0.15, -0.1) is 0 Å². The lowest BCUT2D eigenvalue weighted by atomic mass is 9.90. The van der Waals surface area contributed by atoms with Crippen molar-refractivity contribution in [2.75, 3.05) is 33.3 Å². The SMILES string of the molecule is COC(=O)N1CC[C@H]2CC[C@@H](C(=O)N[C@@H](CCC(N)=O)C(=O)N[C@@H](Cc3ccc(F)c(F)c3)C(=O)N3CCC(CCCc4ccc5c(c4)n(C)c(=O)n5C4CCC(=O)NC4=O)CC3)N2C(=O)[C@@H](NC(=O)c2cc3cc(C(=O)P(=O)(O)O)ccc3[nH]2)C1. The Morgan fingerprint density at radius 3 is 2.26 bits per heavy atom. The molecule has 2 aromatic heterocycles. The highest BCUT2D eigenvalue weighted by atomic mass is 31.2. The number of imidazole rings is 1. The van der Waals surface area contributed by atoms with Crippen LogP contribution in [0.5, 0.6) is 0 Å². The molecule has 0 spiro atoms. The first-order chi connectivity index (χ1) is 40.9. The minimum atomic E-state index is -5.14. The third-order valence-corrected chi connectivity index (χ3v) is 17.4. The van der Waals surface area contributed by atoms with Gasteiger partial charge in [-0.1, -0.05) is 12.1 Å². The Labute approximate surface area is 489 Å². The molecule has 86 heavy (non-hydrogen) atoms. The number of hydrogen-bond acceptors (Lipinski definition) is 13. The molecule has 29 heteroatoms. The van der Waals surface area contributed by atoms with Gasteiger partial charge in [-0.05, 0) is 130 Å². The van der Waals surface area contributed by atoms with E-state index in [9.17, 15) is 75.9 Å². The van der Waals surface area contributed by atoms with Crippen molar-refractivity contribution in [1.29, 1.82) is 0 Å². The van der Waals surface area contributed by atoms with Crippen LogP contribution in [-0.2, 0) is 62.8 Å². The molecule has 0 aliphatic carbocycles. The van der Waals surface area contributed by atoms with Gasteiger partial charge in [-0.3, -0.25) is 62.2 Å². The standard InChI is InChI=1S/C57H66F2N11O15P/c1-66-46-26-31(7-13-43(46)70(56(66)80)45-15-17-48(72)65-52(45)76)5-3-4-30-18-21-67(22-19-30)53(77)41(25-32-6-10-36(58)37(59)24-32)63-49(73)39(12-16-47(60)71)62-51(75)44-14-9-35-20-23-68(57(81)85-2)29-42(54(78)69(35)44)64-50(74)40-28-34-27-33(8-11-38(34)61-40)55(79)86(82,83)84/h6-8,10-11,13,24,26-28,30,35,39,41-42,44-45,61H,3-5,9,12,14-23,25,29H2,1-2H3,(H2,60,71)(H,62,75)(H,63,73)(H,64,74)(H,65,72,76)(H2,82,83,84)/t35-,39+,41+,42+,44+,45?/m1/s1. The van der Waals surface area contributed by atoms with E-state index in [4.69, 9.17) is 10.5 Å². The van der Waals surface area contributed by atoms with Crippen molar-refractivity contribution in [3.05, 3.63) is 105 Å². The molecule has 5 aromatic rings. The number of nitrogens with two attached hydrogens (primary N) is 1. The molecule has 9 rings (SSSR count). The molecule has 0 saturated carbocycles. The van der Waals surface area contributed by atoms with Crippen LogP contribution in [0.4, 0.5) is 13.6 Å². The summed E-state index contributed by atoms with van der Waals surface area (Å²) >= 11 is 0. The zero-order valence-corrected chi connectivity index (χ0v) is 47.9. The smallest absolute Gasteiger partial charge is 0.409 e. The minimum absolute atomic E-state index is 0.0230. The fourth-order valence-electron chi connectivity index (χ4n) is 12.1. The number of piperidine rings is 2. The van der Waals surface area contributed by atoms with E-state index >= 15 is 0 Å². The molecule has 4 aliphatic heterocycles. The molecule has 1 unspecified atom stereocenters. The summed E-state index contributed by atoms with van der Waals surface area (Å²) in [5, 5.41) is 10.5. The summed E-state index contributed by atoms with van der Waals surface area (Å²) in [4.78, 5) is 173. The van der Waals surface area contributed by atoms with E-state index in [1.165, 1.54) is 43.2 Å². The molecule has 4 fully saturated rings. The summed E-state index contributed by atoms with van der Waals surface area (Å²) in [6.45, 7) is 0.181. The van der Waals surface area contributed by atoms with Crippen molar-refractivity contribution in [1.82, 2.24) is 50.1 Å². The van der Waals surface area contributed by atoms with Crippen molar-refractivity contribution < 1.29 is 75.8 Å². The summed E-state index contributed by atoms with van der Waals surface area (Å²) in [5.74, 6) is -7.82. The molecular formula is C57H66F2N11O15P. The van der Waals surface area contributed by atoms with E-state index in [1.807, 2.05) is 12.1 Å². The zero-order valence-electron chi connectivity index (χ0n) is 47.1. The van der Waals surface area contributed by atoms with Gasteiger partial charge in [0.2, 0.25) is 41.4 Å². The number of amides is 9. The van der Waals surface area contributed by atoms with Crippen molar-refractivity contribution in [2.24, 2.45) is 18.7 Å². The van der Waals surface area contributed by atoms with Crippen LogP contribution < -0.4 is 32.7 Å². The summed E-state index contributed by atoms with van der Waals surface area (Å²) in [7, 11) is -2.38. The highest BCUT2D eigenvalue weighted by Gasteiger charge is 2.47. The second kappa shape index (κ2) is 25.9. The molecule has 6 atom stereocenters. The molecule has 4 aliphatic rings. The van der Waals surface area contributed by atoms with Crippen LogP contribution in [0, 0.1) is 17.6 Å². The third kappa shape index (κ3) is 13.7. The van der Waals surface area contributed by atoms with Crippen LogP contribution in [-0.4, -0.2) is 161 Å². The topological polar surface area (TPSA) is 364 Å². The number of carbonyl (C=O) groups is 10. The number of nitrogens with one attached hydrogen (secondary N) is 5. The highest BCUT2D eigenvalue weighted by molar-refractivity contribution is 7.70. The van der Waals surface area contributed by atoms with Gasteiger partial charge in [0.15, 0.2) is 11.6 Å². The van der Waals surface area contributed by atoms with Gasteiger partial charge in [-0.2, -0.15) is 0 Å². The van der Waals surface area contributed by atoms with Gasteiger partial charge in [0.1, 0.15) is 35.9 Å². The van der Waals surface area contributed by atoms with Gasteiger partial charge >= 0.3 is 19.4 Å². The number of aryl methyl sites for hydroxylation is 2. The zero-order chi connectivity index (χ0) is 61.9. The van der Waals surface area contributed by atoms with Crippen LogP contribution in [0.2, 0.25) is 0 Å². The Bertz CT molecular complexity index is 3660. The van der Waals surface area contributed by atoms with Gasteiger partial charge in [0.25, 0.3) is 11.4 Å². The first-order valence-corrected chi connectivity index (χ1v) is 29.8. The molecule has 0 bridgehead atoms. The first-order valence-electron chi connectivity index (χ1n) is 28.2. The van der Waals surface area contributed by atoms with E-state index in [0.29, 0.717) is 35.8 Å². The first kappa shape index (κ1) is 61.9. The van der Waals surface area contributed by atoms with Crippen LogP contribution in [0.1, 0.15) is 109 Å². The van der Waals surface area contributed by atoms with Crippen molar-refractivity contribution in [2.45, 2.75) is 120 Å². The van der Waals surface area contributed by atoms with E-state index in [2.05, 4.69) is 26.3 Å². The Kier molecular flexibility index (Phi) is 18.7. The Morgan fingerprint density at radius 1 is 0.826 bits per heavy atom. The number of ether oxygens (including phenoxy) is 1. The van der Waals surface area contributed by atoms with Crippen LogP contribution in [0.15, 0.2) is 65.5 Å². The lowest BCUT2D eigenvalue weighted by molar-refractivity contribution is -0.144. The van der Waals surface area contributed by atoms with Crippen LogP contribution in [0.25, 0.3) is 21.9 Å². The lowest BCUT2D eigenvalue weighted by Gasteiger charge is -2.38. The number of aromatic amines is 1. The van der Waals surface area contributed by atoms with Gasteiger partial charge < -0.3 is 55.9 Å². The number of rotatable bonds is 19. The maximum atomic E-state index is 14.7. The average molecular weight is 1210 g/mol. The van der Waals surface area contributed by atoms with Crippen LogP contribution >= 0.6 is 7.60 Å². The van der Waals surface area contributed by atoms with E-state index in [-0.39, 0.29) is 104 Å². The van der Waals surface area contributed by atoms with E-state index in [0.717, 1.165) is 43.7 Å². The quantitative estimate of drug-likeness (QED) is 0.0433. The Balaban J connectivity index is 0.867. The molecule has 4 saturated heterocycles. The summed E-state index contributed by atoms with van der Waals surface area (Å²) in [6, 6.07) is 6.44. The third-order valence-electron chi connectivity index (χ3n) is 16.6. The van der Waals surface area contributed by atoms with Crippen molar-refractivity contribution in [3.8, 4) is 0 Å². The number of primary amides is 1. The monoisotopic (exact) mass is 1210 g/mol.